The number of amides is 1. The molecule has 1 heterocycles. The van der Waals surface area contributed by atoms with Crippen LogP contribution in [0.15, 0.2) is 66.2 Å². The van der Waals surface area contributed by atoms with Gasteiger partial charge in [-0.1, -0.05) is 44.2 Å². The molecule has 1 atom stereocenters. The number of alkyl halides is 3. The van der Waals surface area contributed by atoms with Crippen molar-refractivity contribution in [1.29, 1.82) is 0 Å². The van der Waals surface area contributed by atoms with E-state index in [9.17, 15) is 27.9 Å². The maximum Gasteiger partial charge on any atom is 0.416 e. The predicted molar refractivity (Wildman–Crippen MR) is 139 cm³/mol. The number of aliphatic hydroxyl groups excluding tert-OH is 1. The van der Waals surface area contributed by atoms with Gasteiger partial charge in [0, 0.05) is 11.3 Å². The molecule has 1 N–H and O–H groups in total. The highest BCUT2D eigenvalue weighted by Gasteiger charge is 2.48. The van der Waals surface area contributed by atoms with E-state index in [1.165, 1.54) is 12.1 Å². The van der Waals surface area contributed by atoms with Crippen molar-refractivity contribution in [3.05, 3.63) is 99.6 Å². The number of ether oxygens (including phenoxy) is 1. The van der Waals surface area contributed by atoms with Crippen LogP contribution in [0.5, 0.6) is 5.75 Å². The van der Waals surface area contributed by atoms with Gasteiger partial charge in [0.1, 0.15) is 11.5 Å². The third-order valence-electron chi connectivity index (χ3n) is 6.83. The number of ketones is 1. The van der Waals surface area contributed by atoms with Gasteiger partial charge in [-0.2, -0.15) is 13.2 Å². The number of carbonyl (C=O) groups excluding carboxylic acids is 2. The van der Waals surface area contributed by atoms with E-state index < -0.39 is 35.2 Å². The Labute approximate surface area is 219 Å². The smallest absolute Gasteiger partial charge is 0.416 e. The summed E-state index contributed by atoms with van der Waals surface area (Å²) in [6, 6.07) is 13.6. The van der Waals surface area contributed by atoms with Crippen molar-refractivity contribution >= 4 is 23.1 Å². The molecule has 0 aromatic heterocycles. The van der Waals surface area contributed by atoms with Crippen LogP contribution in [-0.4, -0.2) is 23.9 Å². The molecule has 0 saturated carbocycles. The highest BCUT2D eigenvalue weighted by molar-refractivity contribution is 6.51. The largest absolute Gasteiger partial charge is 0.507 e. The molecule has 8 heteroatoms. The molecule has 1 aliphatic heterocycles. The summed E-state index contributed by atoms with van der Waals surface area (Å²) >= 11 is 0. The number of anilines is 1. The van der Waals surface area contributed by atoms with Crippen molar-refractivity contribution in [2.75, 3.05) is 12.0 Å². The molecule has 0 aliphatic carbocycles. The molecule has 1 aliphatic rings. The maximum atomic E-state index is 13.5. The summed E-state index contributed by atoms with van der Waals surface area (Å²) < 4.78 is 46.0. The lowest BCUT2D eigenvalue weighted by molar-refractivity contribution is -0.137. The molecule has 0 radical (unpaired) electrons. The molecule has 3 aromatic carbocycles. The van der Waals surface area contributed by atoms with Gasteiger partial charge in [0.2, 0.25) is 0 Å². The summed E-state index contributed by atoms with van der Waals surface area (Å²) in [5, 5.41) is 11.6. The minimum atomic E-state index is -4.64. The molecule has 1 fully saturated rings. The summed E-state index contributed by atoms with van der Waals surface area (Å²) in [6.07, 6.45) is -4.64. The topological polar surface area (TPSA) is 66.8 Å². The van der Waals surface area contributed by atoms with Gasteiger partial charge in [0.25, 0.3) is 11.7 Å². The second-order valence-corrected chi connectivity index (χ2v) is 9.64. The molecule has 1 unspecified atom stereocenters. The first kappa shape index (κ1) is 27.0. The van der Waals surface area contributed by atoms with E-state index in [1.54, 1.807) is 57.4 Å². The Morgan fingerprint density at radius 1 is 0.974 bits per heavy atom. The molecule has 4 rings (SSSR count). The number of aryl methyl sites for hydroxylation is 2. The van der Waals surface area contributed by atoms with Crippen molar-refractivity contribution in [2.24, 2.45) is 0 Å². The second-order valence-electron chi connectivity index (χ2n) is 9.64. The van der Waals surface area contributed by atoms with Crippen LogP contribution in [0.4, 0.5) is 18.9 Å². The average molecular weight is 524 g/mol. The van der Waals surface area contributed by atoms with Crippen LogP contribution < -0.4 is 9.64 Å². The number of halogens is 3. The van der Waals surface area contributed by atoms with Gasteiger partial charge in [-0.05, 0) is 72.4 Å². The summed E-state index contributed by atoms with van der Waals surface area (Å²) in [4.78, 5) is 27.9. The van der Waals surface area contributed by atoms with E-state index in [4.69, 9.17) is 4.74 Å². The minimum Gasteiger partial charge on any atom is -0.507 e. The molecule has 1 amide bonds. The molecule has 1 saturated heterocycles. The van der Waals surface area contributed by atoms with Gasteiger partial charge in [-0.15, -0.1) is 0 Å². The molecular weight excluding hydrogens is 495 g/mol. The van der Waals surface area contributed by atoms with Crippen LogP contribution >= 0.6 is 0 Å². The van der Waals surface area contributed by atoms with Crippen LogP contribution in [0, 0.1) is 13.8 Å². The predicted octanol–water partition coefficient (Wildman–Crippen LogP) is 7.08. The van der Waals surface area contributed by atoms with Crippen molar-refractivity contribution in [2.45, 2.75) is 45.8 Å². The average Bonchev–Trinajstić information content (AvgIpc) is 3.13. The quantitative estimate of drug-likeness (QED) is 0.220. The molecule has 5 nitrogen and oxygen atoms in total. The fourth-order valence-corrected chi connectivity index (χ4v) is 4.85. The first-order chi connectivity index (χ1) is 17.9. The van der Waals surface area contributed by atoms with Crippen molar-refractivity contribution in [3.63, 3.8) is 0 Å². The number of nitrogens with zero attached hydrogens (tertiary/aromatic N) is 1. The number of benzene rings is 3. The number of hydrogen-bond acceptors (Lipinski definition) is 4. The molecule has 38 heavy (non-hydrogen) atoms. The molecule has 3 aromatic rings. The molecule has 0 bridgehead atoms. The minimum absolute atomic E-state index is 0.0248. The summed E-state index contributed by atoms with van der Waals surface area (Å²) in [7, 11) is 1.54. The SMILES string of the molecule is COc1cc(C)c(/C(O)=C2\C(=O)C(=O)N(c3cccc(C(F)(F)F)c3)C2c2ccccc2C)cc1C(C)C. The Hall–Kier alpha value is -4.07. The number of methoxy groups -OCH3 is 1. The van der Waals surface area contributed by atoms with E-state index in [2.05, 4.69) is 0 Å². The van der Waals surface area contributed by atoms with Gasteiger partial charge in [-0.3, -0.25) is 14.5 Å². The Kier molecular flexibility index (Phi) is 7.10. The van der Waals surface area contributed by atoms with Gasteiger partial charge in [0.15, 0.2) is 0 Å². The standard InChI is InChI=1S/C30H28F3NO4/c1-16(2)22-15-23(18(4)13-24(22)38-5)27(35)25-26(21-12-7-6-9-17(21)3)34(29(37)28(25)36)20-11-8-10-19(14-20)30(31,32)33/h6-16,26,35H,1-5H3/b27-25+. The zero-order valence-electron chi connectivity index (χ0n) is 21.7. The van der Waals surface area contributed by atoms with E-state index in [-0.39, 0.29) is 17.2 Å². The number of hydrogen-bond donors (Lipinski definition) is 1. The normalized spacial score (nSPS) is 17.4. The van der Waals surface area contributed by atoms with E-state index in [0.717, 1.165) is 22.6 Å². The third-order valence-corrected chi connectivity index (χ3v) is 6.83. The number of rotatable bonds is 5. The number of aliphatic hydroxyl groups is 1. The van der Waals surface area contributed by atoms with Crippen LogP contribution in [-0.2, 0) is 15.8 Å². The highest BCUT2D eigenvalue weighted by atomic mass is 19.4. The van der Waals surface area contributed by atoms with Crippen LogP contribution in [0.3, 0.4) is 0 Å². The summed E-state index contributed by atoms with van der Waals surface area (Å²) in [5.74, 6) is -1.75. The Morgan fingerprint density at radius 3 is 2.26 bits per heavy atom. The first-order valence-corrected chi connectivity index (χ1v) is 12.1. The lowest BCUT2D eigenvalue weighted by Crippen LogP contribution is -2.30. The van der Waals surface area contributed by atoms with Gasteiger partial charge in [0.05, 0.1) is 24.3 Å². The lowest BCUT2D eigenvalue weighted by Gasteiger charge is -2.27. The van der Waals surface area contributed by atoms with Crippen molar-refractivity contribution in [1.82, 2.24) is 0 Å². The summed E-state index contributed by atoms with van der Waals surface area (Å²) in [5.41, 5.74) is 1.73. The van der Waals surface area contributed by atoms with Gasteiger partial charge < -0.3 is 9.84 Å². The first-order valence-electron chi connectivity index (χ1n) is 12.1. The Bertz CT molecular complexity index is 1460. The fourth-order valence-electron chi connectivity index (χ4n) is 4.85. The van der Waals surface area contributed by atoms with E-state index >= 15 is 0 Å². The number of carbonyl (C=O) groups is 2. The third kappa shape index (κ3) is 4.66. The Morgan fingerprint density at radius 2 is 1.66 bits per heavy atom. The maximum absolute atomic E-state index is 13.5. The zero-order chi connectivity index (χ0) is 27.9. The van der Waals surface area contributed by atoms with Crippen molar-refractivity contribution < 1.29 is 32.6 Å². The van der Waals surface area contributed by atoms with E-state index in [1.807, 2.05) is 13.8 Å². The van der Waals surface area contributed by atoms with Crippen molar-refractivity contribution in [3.8, 4) is 5.75 Å². The zero-order valence-corrected chi connectivity index (χ0v) is 21.7. The second kappa shape index (κ2) is 10.0. The summed E-state index contributed by atoms with van der Waals surface area (Å²) in [6.45, 7) is 7.43. The lowest BCUT2D eigenvalue weighted by atomic mass is 9.89. The van der Waals surface area contributed by atoms with Crippen LogP contribution in [0.25, 0.3) is 5.76 Å². The Balaban J connectivity index is 2.01. The van der Waals surface area contributed by atoms with E-state index in [0.29, 0.717) is 28.0 Å². The van der Waals surface area contributed by atoms with Gasteiger partial charge in [-0.25, -0.2) is 0 Å². The number of Topliss-reactive ketones (excluding diaryl/α,β-unsaturated/α-hetero) is 1. The van der Waals surface area contributed by atoms with Gasteiger partial charge >= 0.3 is 6.18 Å². The highest BCUT2D eigenvalue weighted by Crippen LogP contribution is 2.45. The van der Waals surface area contributed by atoms with Crippen LogP contribution in [0.2, 0.25) is 0 Å². The molecule has 0 spiro atoms. The molecule has 198 valence electrons. The fraction of sp³-hybridized carbons (Fsp3) is 0.267. The molecular formula is C30H28F3NO4. The monoisotopic (exact) mass is 523 g/mol. The van der Waals surface area contributed by atoms with Crippen LogP contribution in [0.1, 0.15) is 59.2 Å².